The molecule has 0 aromatic heterocycles. The van der Waals surface area contributed by atoms with E-state index in [2.05, 4.69) is 0 Å². The molecule has 0 bridgehead atoms. The van der Waals surface area contributed by atoms with Crippen molar-refractivity contribution in [2.45, 2.75) is 39.2 Å². The van der Waals surface area contributed by atoms with E-state index in [-0.39, 0.29) is 16.0 Å². The van der Waals surface area contributed by atoms with Crippen LogP contribution in [0.5, 0.6) is 0 Å². The largest absolute Gasteiger partial charge is 0.388 e. The average Bonchev–Trinajstić information content (AvgIpc) is 2.31. The summed E-state index contributed by atoms with van der Waals surface area (Å²) in [7, 11) is 0. The first-order valence-corrected chi connectivity index (χ1v) is 6.04. The Bertz CT molecular complexity index is 457. The van der Waals surface area contributed by atoms with Gasteiger partial charge in [0.2, 0.25) is 0 Å². The Morgan fingerprint density at radius 3 is 2.71 bits per heavy atom. The van der Waals surface area contributed by atoms with Crippen LogP contribution in [0, 0.1) is 17.0 Å². The number of aliphatic hydroxyl groups is 1. The van der Waals surface area contributed by atoms with Gasteiger partial charge in [0.05, 0.1) is 6.10 Å². The number of aliphatic hydroxyl groups excluding tert-OH is 1. The zero-order valence-corrected chi connectivity index (χ0v) is 10.6. The van der Waals surface area contributed by atoms with Gasteiger partial charge in [0.1, 0.15) is 0 Å². The van der Waals surface area contributed by atoms with Gasteiger partial charge >= 0.3 is 0 Å². The highest BCUT2D eigenvalue weighted by atomic mass is 35.5. The van der Waals surface area contributed by atoms with Crippen LogP contribution < -0.4 is 0 Å². The van der Waals surface area contributed by atoms with Gasteiger partial charge in [-0.3, -0.25) is 0 Å². The molecule has 0 saturated carbocycles. The van der Waals surface area contributed by atoms with E-state index in [0.717, 1.165) is 12.5 Å². The molecule has 94 valence electrons. The topological polar surface area (TPSA) is 20.2 Å². The number of fused-ring (bicyclic) bond motifs is 1. The second-order valence-corrected chi connectivity index (χ2v) is 5.84. The van der Waals surface area contributed by atoms with E-state index in [1.807, 2.05) is 13.8 Å². The highest BCUT2D eigenvalue weighted by Crippen LogP contribution is 2.42. The van der Waals surface area contributed by atoms with Crippen LogP contribution in [0.2, 0.25) is 5.02 Å². The van der Waals surface area contributed by atoms with Crippen molar-refractivity contribution in [3.05, 3.63) is 33.9 Å². The lowest BCUT2D eigenvalue weighted by Gasteiger charge is -2.24. The summed E-state index contributed by atoms with van der Waals surface area (Å²) >= 11 is 5.93. The molecule has 0 saturated heterocycles. The van der Waals surface area contributed by atoms with E-state index in [9.17, 15) is 13.9 Å². The van der Waals surface area contributed by atoms with Gasteiger partial charge in [0.25, 0.3) is 0 Å². The van der Waals surface area contributed by atoms with Crippen LogP contribution in [0.1, 0.15) is 43.9 Å². The maximum absolute atomic E-state index is 13.8. The standard InChI is InChI=1S/C13H15ClF2O/c1-13(2)4-3-7-8(14)5-9(15)12(16)11(7)10(17)6-13/h5,10,17H,3-4,6H2,1-2H3. The van der Waals surface area contributed by atoms with Gasteiger partial charge in [-0.1, -0.05) is 25.4 Å². The molecule has 1 nitrogen and oxygen atoms in total. The number of halogens is 3. The third-order valence-corrected chi connectivity index (χ3v) is 3.78. The Balaban J connectivity index is 2.59. The number of rotatable bonds is 0. The van der Waals surface area contributed by atoms with E-state index < -0.39 is 17.7 Å². The second-order valence-electron chi connectivity index (χ2n) is 5.43. The zero-order valence-electron chi connectivity index (χ0n) is 9.86. The molecule has 0 radical (unpaired) electrons. The van der Waals surface area contributed by atoms with Crippen molar-refractivity contribution in [1.29, 1.82) is 0 Å². The predicted molar refractivity (Wildman–Crippen MR) is 63.0 cm³/mol. The van der Waals surface area contributed by atoms with E-state index in [0.29, 0.717) is 18.4 Å². The molecule has 4 heteroatoms. The zero-order chi connectivity index (χ0) is 12.8. The van der Waals surface area contributed by atoms with E-state index in [1.54, 1.807) is 0 Å². The predicted octanol–water partition coefficient (Wildman–Crippen LogP) is 4.01. The third kappa shape index (κ3) is 2.31. The minimum Gasteiger partial charge on any atom is -0.388 e. The van der Waals surface area contributed by atoms with Gasteiger partial charge in [0.15, 0.2) is 11.6 Å². The molecular weight excluding hydrogens is 246 g/mol. The molecule has 0 fully saturated rings. The van der Waals surface area contributed by atoms with E-state index in [1.165, 1.54) is 0 Å². The van der Waals surface area contributed by atoms with Crippen LogP contribution in [0.4, 0.5) is 8.78 Å². The molecule has 1 aromatic carbocycles. The van der Waals surface area contributed by atoms with Crippen molar-refractivity contribution in [2.75, 3.05) is 0 Å². The average molecular weight is 261 g/mol. The monoisotopic (exact) mass is 260 g/mol. The lowest BCUT2D eigenvalue weighted by molar-refractivity contribution is 0.113. The minimum absolute atomic E-state index is 0.0422. The Morgan fingerprint density at radius 1 is 1.41 bits per heavy atom. The lowest BCUT2D eigenvalue weighted by atomic mass is 9.84. The summed E-state index contributed by atoms with van der Waals surface area (Å²) in [4.78, 5) is 0. The summed E-state index contributed by atoms with van der Waals surface area (Å²) in [6, 6.07) is 0.987. The Morgan fingerprint density at radius 2 is 2.06 bits per heavy atom. The molecule has 2 rings (SSSR count). The highest BCUT2D eigenvalue weighted by Gasteiger charge is 2.32. The molecule has 1 N–H and O–H groups in total. The summed E-state index contributed by atoms with van der Waals surface area (Å²) in [6.45, 7) is 4.01. The first-order chi connectivity index (χ1) is 7.82. The van der Waals surface area contributed by atoms with Gasteiger partial charge in [0, 0.05) is 10.6 Å². The van der Waals surface area contributed by atoms with E-state index in [4.69, 9.17) is 11.6 Å². The van der Waals surface area contributed by atoms with E-state index >= 15 is 0 Å². The minimum atomic E-state index is -0.993. The fraction of sp³-hybridized carbons (Fsp3) is 0.538. The fourth-order valence-corrected chi connectivity index (χ4v) is 2.74. The van der Waals surface area contributed by atoms with Crippen molar-refractivity contribution < 1.29 is 13.9 Å². The van der Waals surface area contributed by atoms with Crippen molar-refractivity contribution in [1.82, 2.24) is 0 Å². The van der Waals surface area contributed by atoms with Crippen molar-refractivity contribution >= 4 is 11.6 Å². The van der Waals surface area contributed by atoms with Crippen molar-refractivity contribution in [2.24, 2.45) is 5.41 Å². The molecule has 0 aliphatic heterocycles. The fourth-order valence-electron chi connectivity index (χ4n) is 2.44. The van der Waals surface area contributed by atoms with Crippen LogP contribution >= 0.6 is 11.6 Å². The van der Waals surface area contributed by atoms with Crippen molar-refractivity contribution in [3.8, 4) is 0 Å². The molecular formula is C13H15ClF2O. The van der Waals surface area contributed by atoms with Crippen LogP contribution in [-0.4, -0.2) is 5.11 Å². The van der Waals surface area contributed by atoms with Crippen molar-refractivity contribution in [3.63, 3.8) is 0 Å². The van der Waals surface area contributed by atoms with Gasteiger partial charge < -0.3 is 5.11 Å². The normalized spacial score (nSPS) is 23.1. The first kappa shape index (κ1) is 12.8. The molecule has 1 aliphatic rings. The molecule has 1 aromatic rings. The third-order valence-electron chi connectivity index (χ3n) is 3.44. The highest BCUT2D eigenvalue weighted by molar-refractivity contribution is 6.31. The Hall–Kier alpha value is -0.670. The number of benzene rings is 1. The number of hydrogen-bond donors (Lipinski definition) is 1. The lowest BCUT2D eigenvalue weighted by Crippen LogP contribution is -2.14. The quantitative estimate of drug-likeness (QED) is 0.552. The molecule has 1 unspecified atom stereocenters. The van der Waals surface area contributed by atoms with Gasteiger partial charge in [-0.2, -0.15) is 0 Å². The number of hydrogen-bond acceptors (Lipinski definition) is 1. The Labute approximate surface area is 104 Å². The first-order valence-electron chi connectivity index (χ1n) is 5.66. The van der Waals surface area contributed by atoms with Crippen LogP contribution in [0.25, 0.3) is 0 Å². The van der Waals surface area contributed by atoms with Crippen LogP contribution in [-0.2, 0) is 6.42 Å². The summed E-state index contributed by atoms with van der Waals surface area (Å²) in [5, 5.41) is 10.2. The Kier molecular flexibility index (Phi) is 3.17. The second kappa shape index (κ2) is 4.21. The smallest absolute Gasteiger partial charge is 0.164 e. The molecule has 1 aliphatic carbocycles. The SMILES string of the molecule is CC1(C)CCc2c(Cl)cc(F)c(F)c2C(O)C1. The van der Waals surface area contributed by atoms with Gasteiger partial charge in [-0.15, -0.1) is 0 Å². The summed E-state index contributed by atoms with van der Waals surface area (Å²) in [5.74, 6) is -1.96. The van der Waals surface area contributed by atoms with Gasteiger partial charge in [-0.25, -0.2) is 8.78 Å². The van der Waals surface area contributed by atoms with Crippen LogP contribution in [0.15, 0.2) is 6.07 Å². The van der Waals surface area contributed by atoms with Gasteiger partial charge in [-0.05, 0) is 36.3 Å². The summed E-state index contributed by atoms with van der Waals surface area (Å²) < 4.78 is 27.0. The molecule has 0 amide bonds. The summed E-state index contributed by atoms with van der Waals surface area (Å²) in [5.41, 5.74) is 0.481. The summed E-state index contributed by atoms with van der Waals surface area (Å²) in [6.07, 6.45) is 0.782. The maximum atomic E-state index is 13.8. The molecule has 1 atom stereocenters. The maximum Gasteiger partial charge on any atom is 0.164 e. The molecule has 17 heavy (non-hydrogen) atoms. The molecule has 0 heterocycles. The molecule has 0 spiro atoms. The van der Waals surface area contributed by atoms with Crippen LogP contribution in [0.3, 0.4) is 0 Å².